The van der Waals surface area contributed by atoms with Crippen molar-refractivity contribution in [3.63, 3.8) is 0 Å². The number of piperazine rings is 1. The molecule has 156 valence electrons. The van der Waals surface area contributed by atoms with Gasteiger partial charge in [-0.05, 0) is 60.7 Å². The van der Waals surface area contributed by atoms with E-state index in [-0.39, 0.29) is 6.61 Å². The molecule has 1 saturated heterocycles. The zero-order valence-electron chi connectivity index (χ0n) is 16.5. The quantitative estimate of drug-likeness (QED) is 0.579. The molecule has 1 aliphatic heterocycles. The summed E-state index contributed by atoms with van der Waals surface area (Å²) in [5, 5.41) is 17.6. The van der Waals surface area contributed by atoms with Crippen molar-refractivity contribution in [1.82, 2.24) is 10.2 Å². The van der Waals surface area contributed by atoms with E-state index in [0.29, 0.717) is 11.7 Å². The van der Waals surface area contributed by atoms with E-state index in [0.717, 1.165) is 42.6 Å². The van der Waals surface area contributed by atoms with Crippen LogP contribution in [0.15, 0.2) is 48.5 Å². The first-order valence-electron chi connectivity index (χ1n) is 9.66. The maximum Gasteiger partial charge on any atom is 0.170 e. The smallest absolute Gasteiger partial charge is 0.170 e. The number of hydrogen-bond donors (Lipinski definition) is 3. The van der Waals surface area contributed by atoms with Gasteiger partial charge in [-0.25, -0.2) is 0 Å². The van der Waals surface area contributed by atoms with Gasteiger partial charge in [0.05, 0.1) is 0 Å². The normalized spacial score (nSPS) is 15.6. The molecule has 29 heavy (non-hydrogen) atoms. The molecule has 0 amide bonds. The van der Waals surface area contributed by atoms with Crippen molar-refractivity contribution in [2.45, 2.75) is 6.10 Å². The highest BCUT2D eigenvalue weighted by Crippen LogP contribution is 2.20. The molecule has 6 nitrogen and oxygen atoms in total. The van der Waals surface area contributed by atoms with Gasteiger partial charge in [0, 0.05) is 56.2 Å². The number of benzene rings is 2. The van der Waals surface area contributed by atoms with Crippen molar-refractivity contribution >= 4 is 40.3 Å². The average Bonchev–Trinajstić information content (AvgIpc) is 2.74. The molecule has 8 heteroatoms. The molecule has 1 aliphatic rings. The Balaban J connectivity index is 1.38. The predicted molar refractivity (Wildman–Crippen MR) is 123 cm³/mol. The minimum atomic E-state index is -0.535. The van der Waals surface area contributed by atoms with Gasteiger partial charge < -0.3 is 25.4 Å². The topological polar surface area (TPSA) is 60.0 Å². The highest BCUT2D eigenvalue weighted by molar-refractivity contribution is 7.80. The molecule has 1 atom stereocenters. The molecule has 0 aromatic heterocycles. The number of aliphatic hydroxyl groups is 1. The average molecular weight is 435 g/mol. The van der Waals surface area contributed by atoms with E-state index >= 15 is 0 Å². The van der Waals surface area contributed by atoms with Gasteiger partial charge in [0.1, 0.15) is 18.5 Å². The van der Waals surface area contributed by atoms with Gasteiger partial charge in [-0.1, -0.05) is 11.6 Å². The number of nitrogens with zero attached hydrogens (tertiary/aromatic N) is 2. The number of ether oxygens (including phenoxy) is 1. The minimum absolute atomic E-state index is 0.263. The van der Waals surface area contributed by atoms with Crippen molar-refractivity contribution < 1.29 is 9.84 Å². The number of anilines is 2. The van der Waals surface area contributed by atoms with Crippen LogP contribution in [0.2, 0.25) is 5.02 Å². The van der Waals surface area contributed by atoms with Crippen LogP contribution in [0.5, 0.6) is 5.75 Å². The Morgan fingerprint density at radius 3 is 2.38 bits per heavy atom. The molecule has 0 unspecified atom stereocenters. The largest absolute Gasteiger partial charge is 0.491 e. The van der Waals surface area contributed by atoms with Crippen molar-refractivity contribution in [1.29, 1.82) is 0 Å². The summed E-state index contributed by atoms with van der Waals surface area (Å²) in [6.07, 6.45) is -0.535. The van der Waals surface area contributed by atoms with Crippen LogP contribution in [-0.4, -0.2) is 67.6 Å². The number of β-amino-alcohol motifs (C(OH)–C–C–N with tert-alkyl or cyclic N) is 1. The number of aliphatic hydroxyl groups excluding tert-OH is 1. The fourth-order valence-electron chi connectivity index (χ4n) is 3.21. The zero-order chi connectivity index (χ0) is 20.6. The van der Waals surface area contributed by atoms with Gasteiger partial charge in [0.15, 0.2) is 5.11 Å². The third-order valence-corrected chi connectivity index (χ3v) is 5.37. The van der Waals surface area contributed by atoms with E-state index in [1.54, 1.807) is 7.05 Å². The van der Waals surface area contributed by atoms with Crippen LogP contribution in [0.1, 0.15) is 0 Å². The van der Waals surface area contributed by atoms with Gasteiger partial charge in [-0.15, -0.1) is 0 Å². The Bertz CT molecular complexity index is 780. The predicted octanol–water partition coefficient (Wildman–Crippen LogP) is 2.82. The van der Waals surface area contributed by atoms with Gasteiger partial charge in [-0.2, -0.15) is 0 Å². The van der Waals surface area contributed by atoms with Crippen molar-refractivity contribution in [3.8, 4) is 5.75 Å². The Hall–Kier alpha value is -2.06. The Morgan fingerprint density at radius 2 is 1.76 bits per heavy atom. The second-order valence-electron chi connectivity index (χ2n) is 6.96. The fourth-order valence-corrected chi connectivity index (χ4v) is 3.46. The first-order valence-corrected chi connectivity index (χ1v) is 10.4. The Morgan fingerprint density at radius 1 is 1.10 bits per heavy atom. The van der Waals surface area contributed by atoms with Gasteiger partial charge in [-0.3, -0.25) is 4.90 Å². The monoisotopic (exact) mass is 434 g/mol. The maximum atomic E-state index is 10.3. The minimum Gasteiger partial charge on any atom is -0.491 e. The third kappa shape index (κ3) is 6.75. The lowest BCUT2D eigenvalue weighted by Gasteiger charge is -2.36. The molecule has 0 bridgehead atoms. The summed E-state index contributed by atoms with van der Waals surface area (Å²) in [5.41, 5.74) is 2.07. The molecular formula is C21H27ClN4O2S. The molecule has 3 rings (SSSR count). The highest BCUT2D eigenvalue weighted by atomic mass is 35.5. The first kappa shape index (κ1) is 21.6. The van der Waals surface area contributed by atoms with Crippen LogP contribution in [0.25, 0.3) is 0 Å². The summed E-state index contributed by atoms with van der Waals surface area (Å²) in [5.74, 6) is 0.720. The molecule has 0 aliphatic carbocycles. The van der Waals surface area contributed by atoms with Crippen LogP contribution < -0.4 is 20.3 Å². The first-order chi connectivity index (χ1) is 14.0. The molecular weight excluding hydrogens is 408 g/mol. The number of rotatable bonds is 7. The summed E-state index contributed by atoms with van der Waals surface area (Å²) in [4.78, 5) is 4.61. The fraction of sp³-hybridized carbons (Fsp3) is 0.381. The summed E-state index contributed by atoms with van der Waals surface area (Å²) in [6, 6.07) is 15.4. The van der Waals surface area contributed by atoms with Gasteiger partial charge in [0.2, 0.25) is 0 Å². The molecule has 0 saturated carbocycles. The second-order valence-corrected chi connectivity index (χ2v) is 7.80. The molecule has 1 heterocycles. The Kier molecular flexibility index (Phi) is 7.94. The summed E-state index contributed by atoms with van der Waals surface area (Å²) in [7, 11) is 1.77. The maximum absolute atomic E-state index is 10.3. The molecule has 1 fully saturated rings. The number of nitrogens with one attached hydrogen (secondary N) is 2. The van der Waals surface area contributed by atoms with E-state index in [1.165, 1.54) is 5.69 Å². The van der Waals surface area contributed by atoms with Gasteiger partial charge in [0.25, 0.3) is 0 Å². The lowest BCUT2D eigenvalue weighted by molar-refractivity contribution is 0.0663. The van der Waals surface area contributed by atoms with Gasteiger partial charge >= 0.3 is 0 Å². The molecule has 0 radical (unpaired) electrons. The lowest BCUT2D eigenvalue weighted by atomic mass is 10.2. The second kappa shape index (κ2) is 10.6. The van der Waals surface area contributed by atoms with E-state index < -0.39 is 6.10 Å². The Labute approximate surface area is 182 Å². The summed E-state index contributed by atoms with van der Waals surface area (Å²) < 4.78 is 5.72. The highest BCUT2D eigenvalue weighted by Gasteiger charge is 2.19. The number of thiocarbonyl (C=S) groups is 1. The zero-order valence-corrected chi connectivity index (χ0v) is 18.0. The standard InChI is InChI=1S/C21H27ClN4O2S/c1-23-21(29)24-17-4-8-20(9-5-17)28-15-19(27)14-25-10-12-26(13-11-25)18-6-2-16(22)3-7-18/h2-9,19,27H,10-15H2,1H3,(H2,23,24,29)/t19-/m0/s1. The van der Waals surface area contributed by atoms with Crippen LogP contribution in [0.3, 0.4) is 0 Å². The number of halogens is 1. The van der Waals surface area contributed by atoms with E-state index in [9.17, 15) is 5.11 Å². The molecule has 3 N–H and O–H groups in total. The summed E-state index contributed by atoms with van der Waals surface area (Å²) >= 11 is 11.0. The van der Waals surface area contributed by atoms with Crippen LogP contribution in [-0.2, 0) is 0 Å². The third-order valence-electron chi connectivity index (χ3n) is 4.81. The van der Waals surface area contributed by atoms with Crippen LogP contribution >= 0.6 is 23.8 Å². The molecule has 2 aromatic rings. The van der Waals surface area contributed by atoms with Crippen molar-refractivity contribution in [2.75, 3.05) is 56.6 Å². The van der Waals surface area contributed by atoms with Crippen molar-refractivity contribution in [3.05, 3.63) is 53.6 Å². The number of hydrogen-bond acceptors (Lipinski definition) is 5. The van der Waals surface area contributed by atoms with E-state index in [1.807, 2.05) is 48.5 Å². The van der Waals surface area contributed by atoms with Crippen molar-refractivity contribution in [2.24, 2.45) is 0 Å². The van der Waals surface area contributed by atoms with E-state index in [2.05, 4.69) is 20.4 Å². The molecule has 0 spiro atoms. The SMILES string of the molecule is CNC(=S)Nc1ccc(OC[C@@H](O)CN2CCN(c3ccc(Cl)cc3)CC2)cc1. The lowest BCUT2D eigenvalue weighted by Crippen LogP contribution is -2.49. The van der Waals surface area contributed by atoms with Crippen LogP contribution in [0.4, 0.5) is 11.4 Å². The summed E-state index contributed by atoms with van der Waals surface area (Å²) in [6.45, 7) is 4.54. The van der Waals surface area contributed by atoms with Crippen LogP contribution in [0, 0.1) is 0 Å². The van der Waals surface area contributed by atoms with E-state index in [4.69, 9.17) is 28.6 Å². The molecule has 2 aromatic carbocycles.